The van der Waals surface area contributed by atoms with Crippen LogP contribution in [0.2, 0.25) is 0 Å². The number of nitrogens with one attached hydrogen (secondary N) is 2. The Hall–Kier alpha value is -4.48. The predicted octanol–water partition coefficient (Wildman–Crippen LogP) is 6.14. The molecule has 0 spiro atoms. The molecular formula is C30H25F5N2O5. The summed E-state index contributed by atoms with van der Waals surface area (Å²) in [5, 5.41) is 14.4. The minimum Gasteiger partial charge on any atom is -0.496 e. The zero-order valence-electron chi connectivity index (χ0n) is 22.1. The SMILES string of the molecule is COc1cc(F)c(-c2ccc(C(=O)O)cc2)cc1C(=O)N[C@@H]1[C@@H]2CC[C@@H](C2)[C@H]1C(=O)Nc1ccc(F)c(C(F)(F)F)c1. The summed E-state index contributed by atoms with van der Waals surface area (Å²) in [6, 6.07) is 9.28. The molecule has 0 aromatic heterocycles. The molecule has 0 aliphatic heterocycles. The summed E-state index contributed by atoms with van der Waals surface area (Å²) in [5.74, 6) is -5.58. The van der Waals surface area contributed by atoms with E-state index >= 15 is 0 Å². The number of benzene rings is 3. The maximum atomic E-state index is 15.0. The lowest BCUT2D eigenvalue weighted by Gasteiger charge is -2.31. The van der Waals surface area contributed by atoms with Crippen molar-refractivity contribution in [2.24, 2.45) is 17.8 Å². The van der Waals surface area contributed by atoms with Crippen LogP contribution in [-0.2, 0) is 11.0 Å². The average molecular weight is 589 g/mol. The first kappa shape index (κ1) is 29.0. The van der Waals surface area contributed by atoms with Gasteiger partial charge in [-0.1, -0.05) is 12.1 Å². The second-order valence-corrected chi connectivity index (χ2v) is 10.5. The maximum absolute atomic E-state index is 15.0. The smallest absolute Gasteiger partial charge is 0.419 e. The number of carbonyl (C=O) groups excluding carboxylic acids is 2. The van der Waals surface area contributed by atoms with E-state index in [1.807, 2.05) is 0 Å². The Kier molecular flexibility index (Phi) is 7.65. The molecule has 0 unspecified atom stereocenters. The Labute approximate surface area is 236 Å². The number of hydrogen-bond acceptors (Lipinski definition) is 4. The number of anilines is 1. The summed E-state index contributed by atoms with van der Waals surface area (Å²) in [6.45, 7) is 0. The summed E-state index contributed by atoms with van der Waals surface area (Å²) >= 11 is 0. The summed E-state index contributed by atoms with van der Waals surface area (Å²) in [7, 11) is 1.26. The van der Waals surface area contributed by atoms with Gasteiger partial charge in [0, 0.05) is 23.4 Å². The lowest BCUT2D eigenvalue weighted by Crippen LogP contribution is -2.48. The zero-order valence-corrected chi connectivity index (χ0v) is 22.1. The quantitative estimate of drug-likeness (QED) is 0.288. The van der Waals surface area contributed by atoms with Gasteiger partial charge in [-0.15, -0.1) is 0 Å². The van der Waals surface area contributed by atoms with Crippen LogP contribution in [0.25, 0.3) is 11.1 Å². The van der Waals surface area contributed by atoms with Crippen molar-refractivity contribution >= 4 is 23.5 Å². The molecule has 0 radical (unpaired) electrons. The molecule has 7 nitrogen and oxygen atoms in total. The van der Waals surface area contributed by atoms with Gasteiger partial charge in [0.25, 0.3) is 5.91 Å². The fraction of sp³-hybridized carbons (Fsp3) is 0.300. The Morgan fingerprint density at radius 1 is 0.929 bits per heavy atom. The Bertz CT molecular complexity index is 1560. The van der Waals surface area contributed by atoms with Crippen molar-refractivity contribution in [2.75, 3.05) is 12.4 Å². The van der Waals surface area contributed by atoms with Crippen molar-refractivity contribution in [3.63, 3.8) is 0 Å². The van der Waals surface area contributed by atoms with Crippen molar-refractivity contribution in [3.8, 4) is 16.9 Å². The molecule has 2 bridgehead atoms. The van der Waals surface area contributed by atoms with Crippen LogP contribution in [-0.4, -0.2) is 36.0 Å². The maximum Gasteiger partial charge on any atom is 0.419 e. The molecule has 3 aromatic carbocycles. The number of aromatic carboxylic acids is 1. The fourth-order valence-corrected chi connectivity index (χ4v) is 6.07. The molecule has 42 heavy (non-hydrogen) atoms. The van der Waals surface area contributed by atoms with Crippen molar-refractivity contribution < 1.29 is 46.2 Å². The van der Waals surface area contributed by atoms with Gasteiger partial charge >= 0.3 is 12.1 Å². The minimum absolute atomic E-state index is 0.00140. The van der Waals surface area contributed by atoms with Crippen LogP contribution >= 0.6 is 0 Å². The second kappa shape index (κ2) is 11.1. The van der Waals surface area contributed by atoms with Gasteiger partial charge in [0.15, 0.2) is 0 Å². The number of alkyl halides is 3. The lowest BCUT2D eigenvalue weighted by molar-refractivity contribution is -0.140. The molecule has 3 N–H and O–H groups in total. The molecule has 2 amide bonds. The van der Waals surface area contributed by atoms with Crippen molar-refractivity contribution in [3.05, 3.63) is 82.9 Å². The highest BCUT2D eigenvalue weighted by molar-refractivity contribution is 6.00. The Morgan fingerprint density at radius 2 is 1.62 bits per heavy atom. The number of hydrogen-bond donors (Lipinski definition) is 3. The summed E-state index contributed by atoms with van der Waals surface area (Å²) < 4.78 is 73.5. The van der Waals surface area contributed by atoms with Gasteiger partial charge in [-0.25, -0.2) is 13.6 Å². The molecule has 220 valence electrons. The van der Waals surface area contributed by atoms with E-state index in [9.17, 15) is 36.3 Å². The third-order valence-electron chi connectivity index (χ3n) is 8.03. The van der Waals surface area contributed by atoms with Gasteiger partial charge in [-0.05, 0) is 73.1 Å². The standard InChI is InChI=1S/C30H25F5N2O5/c1-42-24-13-23(32)19(14-2-4-15(5-3-14)29(40)41)12-20(24)27(38)37-26-17-7-6-16(10-17)25(26)28(39)36-18-8-9-22(31)21(11-18)30(33,34)35/h2-5,8-9,11-13,16-17,25-26H,6-7,10H2,1H3,(H,36,39)(H,37,38)(H,40,41)/t16-,17+,25+,26+/m0/s1. The van der Waals surface area contributed by atoms with E-state index < -0.39 is 53.1 Å². The van der Waals surface area contributed by atoms with Gasteiger partial charge in [0.1, 0.15) is 17.4 Å². The summed E-state index contributed by atoms with van der Waals surface area (Å²) in [5.41, 5.74) is -1.40. The normalized spacial score (nSPS) is 21.2. The number of fused-ring (bicyclic) bond motifs is 2. The van der Waals surface area contributed by atoms with E-state index in [0.717, 1.165) is 18.6 Å². The van der Waals surface area contributed by atoms with E-state index in [4.69, 9.17) is 9.84 Å². The number of carbonyl (C=O) groups is 3. The molecule has 2 fully saturated rings. The van der Waals surface area contributed by atoms with E-state index in [-0.39, 0.29) is 40.0 Å². The molecule has 2 aliphatic carbocycles. The summed E-state index contributed by atoms with van der Waals surface area (Å²) in [6.07, 6.45) is -2.89. The van der Waals surface area contributed by atoms with E-state index in [1.165, 1.54) is 37.4 Å². The first-order valence-corrected chi connectivity index (χ1v) is 13.1. The number of ether oxygens (including phenoxy) is 1. The largest absolute Gasteiger partial charge is 0.496 e. The van der Waals surface area contributed by atoms with Gasteiger partial charge in [-0.2, -0.15) is 13.2 Å². The van der Waals surface area contributed by atoms with Gasteiger partial charge in [0.2, 0.25) is 5.91 Å². The number of rotatable bonds is 7. The number of halogens is 5. The highest BCUT2D eigenvalue weighted by Gasteiger charge is 2.51. The topological polar surface area (TPSA) is 105 Å². The van der Waals surface area contributed by atoms with Crippen LogP contribution in [0.5, 0.6) is 5.75 Å². The number of carboxylic acid groups (broad SMARTS) is 1. The Morgan fingerprint density at radius 3 is 2.26 bits per heavy atom. The van der Waals surface area contributed by atoms with Crippen molar-refractivity contribution in [1.82, 2.24) is 5.32 Å². The van der Waals surface area contributed by atoms with Gasteiger partial charge in [0.05, 0.1) is 29.7 Å². The van der Waals surface area contributed by atoms with E-state index in [0.29, 0.717) is 30.5 Å². The Balaban J connectivity index is 1.40. The number of amides is 2. The van der Waals surface area contributed by atoms with Crippen molar-refractivity contribution in [1.29, 1.82) is 0 Å². The van der Waals surface area contributed by atoms with Crippen LogP contribution in [0.15, 0.2) is 54.6 Å². The van der Waals surface area contributed by atoms with Crippen molar-refractivity contribution in [2.45, 2.75) is 31.5 Å². The molecule has 4 atom stereocenters. The number of carboxylic acids is 1. The monoisotopic (exact) mass is 588 g/mol. The van der Waals surface area contributed by atoms with Crippen LogP contribution in [0.1, 0.15) is 45.5 Å². The molecule has 0 saturated heterocycles. The molecule has 12 heteroatoms. The first-order chi connectivity index (χ1) is 19.9. The van der Waals surface area contributed by atoms with Crippen LogP contribution in [0, 0.1) is 29.4 Å². The third kappa shape index (κ3) is 5.53. The van der Waals surface area contributed by atoms with E-state index in [1.54, 1.807) is 0 Å². The van der Waals surface area contributed by atoms with Crippen LogP contribution < -0.4 is 15.4 Å². The third-order valence-corrected chi connectivity index (χ3v) is 8.03. The van der Waals surface area contributed by atoms with Gasteiger partial charge in [-0.3, -0.25) is 9.59 Å². The lowest BCUT2D eigenvalue weighted by atomic mass is 9.83. The van der Waals surface area contributed by atoms with Crippen LogP contribution in [0.4, 0.5) is 27.6 Å². The van der Waals surface area contributed by atoms with E-state index in [2.05, 4.69) is 10.6 Å². The minimum atomic E-state index is -4.95. The predicted molar refractivity (Wildman–Crippen MR) is 141 cm³/mol. The molecule has 2 aliphatic rings. The highest BCUT2D eigenvalue weighted by atomic mass is 19.4. The van der Waals surface area contributed by atoms with Crippen LogP contribution in [0.3, 0.4) is 0 Å². The highest BCUT2D eigenvalue weighted by Crippen LogP contribution is 2.49. The summed E-state index contributed by atoms with van der Waals surface area (Å²) in [4.78, 5) is 38.0. The molecule has 2 saturated carbocycles. The number of methoxy groups -OCH3 is 1. The zero-order chi connectivity index (χ0) is 30.3. The molecule has 3 aromatic rings. The van der Waals surface area contributed by atoms with Gasteiger partial charge < -0.3 is 20.5 Å². The molecule has 5 rings (SSSR count). The second-order valence-electron chi connectivity index (χ2n) is 10.5. The average Bonchev–Trinajstić information content (AvgIpc) is 3.55. The molecular weight excluding hydrogens is 563 g/mol. The fourth-order valence-electron chi connectivity index (χ4n) is 6.07. The first-order valence-electron chi connectivity index (χ1n) is 13.1. The molecule has 0 heterocycles.